The summed E-state index contributed by atoms with van der Waals surface area (Å²) in [5, 5.41) is 9.90. The van der Waals surface area contributed by atoms with E-state index >= 15 is 0 Å². The number of thiocarbonyl (C=S) groups is 1. The largest absolute Gasteiger partial charge is 0.492 e. The molecule has 0 aromatic heterocycles. The Kier molecular flexibility index (Phi) is 4.96. The molecule has 2 rings (SSSR count). The van der Waals surface area contributed by atoms with Crippen molar-refractivity contribution in [3.05, 3.63) is 29.8 Å². The Bertz CT molecular complexity index is 467. The first-order valence-corrected chi connectivity index (χ1v) is 7.34. The number of hydrogen-bond donors (Lipinski definition) is 2. The number of ether oxygens (including phenoxy) is 1. The second-order valence-corrected chi connectivity index (χ2v) is 6.02. The number of benzene rings is 1. The van der Waals surface area contributed by atoms with Gasteiger partial charge in [-0.15, -0.1) is 0 Å². The van der Waals surface area contributed by atoms with E-state index in [1.165, 1.54) is 0 Å². The van der Waals surface area contributed by atoms with Crippen molar-refractivity contribution in [2.24, 2.45) is 5.73 Å². The minimum absolute atomic E-state index is 0.383. The third kappa shape index (κ3) is 4.44. The molecule has 0 unspecified atom stereocenters. The minimum Gasteiger partial charge on any atom is -0.492 e. The highest BCUT2D eigenvalue weighted by Crippen LogP contribution is 2.21. The third-order valence-corrected chi connectivity index (χ3v) is 3.96. The first-order valence-electron chi connectivity index (χ1n) is 6.94. The van der Waals surface area contributed by atoms with Crippen LogP contribution in [-0.2, 0) is 0 Å². The fraction of sp³-hybridized carbons (Fsp3) is 0.533. The van der Waals surface area contributed by atoms with Crippen LogP contribution in [0, 0.1) is 0 Å². The summed E-state index contributed by atoms with van der Waals surface area (Å²) < 4.78 is 5.73. The molecule has 1 aromatic rings. The molecule has 0 spiro atoms. The van der Waals surface area contributed by atoms with Crippen LogP contribution in [-0.4, -0.2) is 46.8 Å². The lowest BCUT2D eigenvalue weighted by atomic mass is 9.94. The molecule has 1 saturated heterocycles. The van der Waals surface area contributed by atoms with Gasteiger partial charge in [-0.3, -0.25) is 4.90 Å². The van der Waals surface area contributed by atoms with Gasteiger partial charge in [0.15, 0.2) is 0 Å². The van der Waals surface area contributed by atoms with Crippen LogP contribution in [0.25, 0.3) is 0 Å². The van der Waals surface area contributed by atoms with Crippen molar-refractivity contribution in [1.82, 2.24) is 4.90 Å². The zero-order valence-corrected chi connectivity index (χ0v) is 12.7. The van der Waals surface area contributed by atoms with Crippen molar-refractivity contribution in [2.45, 2.75) is 25.4 Å². The van der Waals surface area contributed by atoms with Crippen molar-refractivity contribution in [2.75, 3.05) is 26.2 Å². The summed E-state index contributed by atoms with van der Waals surface area (Å²) in [6.45, 7) is 5.24. The fourth-order valence-electron chi connectivity index (χ4n) is 2.29. The summed E-state index contributed by atoms with van der Waals surface area (Å²) >= 11 is 4.95. The number of likely N-dealkylation sites (tertiary alicyclic amines) is 1. The molecule has 4 nitrogen and oxygen atoms in total. The first-order chi connectivity index (χ1) is 9.46. The minimum atomic E-state index is -0.498. The van der Waals surface area contributed by atoms with Crippen LogP contribution < -0.4 is 10.5 Å². The van der Waals surface area contributed by atoms with Gasteiger partial charge in [-0.2, -0.15) is 0 Å². The highest BCUT2D eigenvalue weighted by atomic mass is 32.1. The van der Waals surface area contributed by atoms with E-state index in [2.05, 4.69) is 4.90 Å². The van der Waals surface area contributed by atoms with Crippen LogP contribution in [0.15, 0.2) is 24.3 Å². The number of nitrogens with two attached hydrogens (primary N) is 1. The molecule has 5 heteroatoms. The quantitative estimate of drug-likeness (QED) is 0.807. The van der Waals surface area contributed by atoms with E-state index in [1.54, 1.807) is 0 Å². The van der Waals surface area contributed by atoms with Crippen molar-refractivity contribution >= 4 is 17.2 Å². The van der Waals surface area contributed by atoms with Gasteiger partial charge < -0.3 is 15.6 Å². The Hall–Kier alpha value is -1.17. The third-order valence-electron chi connectivity index (χ3n) is 3.73. The highest BCUT2D eigenvalue weighted by Gasteiger charge is 2.26. The van der Waals surface area contributed by atoms with E-state index in [0.717, 1.165) is 43.8 Å². The predicted octanol–water partition coefficient (Wildman–Crippen LogP) is 1.55. The van der Waals surface area contributed by atoms with Gasteiger partial charge in [0.25, 0.3) is 0 Å². The topological polar surface area (TPSA) is 58.7 Å². The molecule has 0 aliphatic carbocycles. The molecule has 110 valence electrons. The predicted molar refractivity (Wildman–Crippen MR) is 84.1 cm³/mol. The fourth-order valence-corrected chi connectivity index (χ4v) is 2.42. The molecule has 1 aromatic carbocycles. The maximum Gasteiger partial charge on any atom is 0.120 e. The van der Waals surface area contributed by atoms with Crippen LogP contribution in [0.4, 0.5) is 0 Å². The zero-order chi connectivity index (χ0) is 14.6. The van der Waals surface area contributed by atoms with Crippen molar-refractivity contribution in [1.29, 1.82) is 0 Å². The molecule has 0 bridgehead atoms. The highest BCUT2D eigenvalue weighted by molar-refractivity contribution is 7.80. The van der Waals surface area contributed by atoms with Gasteiger partial charge in [0, 0.05) is 25.2 Å². The van der Waals surface area contributed by atoms with Crippen LogP contribution >= 0.6 is 12.2 Å². The Morgan fingerprint density at radius 3 is 2.80 bits per heavy atom. The summed E-state index contributed by atoms with van der Waals surface area (Å²) in [5.41, 5.74) is 5.93. The molecule has 0 saturated carbocycles. The van der Waals surface area contributed by atoms with Crippen LogP contribution in [0.2, 0.25) is 0 Å². The van der Waals surface area contributed by atoms with Crippen molar-refractivity contribution < 1.29 is 9.84 Å². The summed E-state index contributed by atoms with van der Waals surface area (Å²) in [5.74, 6) is 0.791. The van der Waals surface area contributed by atoms with Gasteiger partial charge in [-0.25, -0.2) is 0 Å². The van der Waals surface area contributed by atoms with E-state index in [0.29, 0.717) is 11.6 Å². The summed E-state index contributed by atoms with van der Waals surface area (Å²) in [6.07, 6.45) is 1.65. The molecule has 0 atom stereocenters. The van der Waals surface area contributed by atoms with E-state index in [9.17, 15) is 5.11 Å². The second-order valence-electron chi connectivity index (χ2n) is 5.58. The molecule has 1 heterocycles. The number of nitrogens with zero attached hydrogens (tertiary/aromatic N) is 1. The molecule has 1 aliphatic rings. The van der Waals surface area contributed by atoms with Crippen molar-refractivity contribution in [3.63, 3.8) is 0 Å². The second kappa shape index (κ2) is 6.52. The molecule has 0 amide bonds. The lowest BCUT2D eigenvalue weighted by Crippen LogP contribution is -2.43. The van der Waals surface area contributed by atoms with Gasteiger partial charge in [0.2, 0.25) is 0 Å². The lowest BCUT2D eigenvalue weighted by molar-refractivity contribution is -0.00768. The maximum atomic E-state index is 9.90. The lowest BCUT2D eigenvalue weighted by Gasteiger charge is -2.35. The van der Waals surface area contributed by atoms with Gasteiger partial charge in [-0.1, -0.05) is 24.4 Å². The van der Waals surface area contributed by atoms with Crippen LogP contribution in [0.5, 0.6) is 5.75 Å². The van der Waals surface area contributed by atoms with Gasteiger partial charge in [-0.05, 0) is 31.9 Å². The normalized spacial score (nSPS) is 18.7. The number of piperidine rings is 1. The molecular weight excluding hydrogens is 272 g/mol. The Labute approximate surface area is 125 Å². The Balaban J connectivity index is 1.76. The SMILES string of the molecule is CC1(O)CCN(CCOc2cccc(C(N)=S)c2)CC1. The molecule has 0 radical (unpaired) electrons. The maximum absolute atomic E-state index is 9.90. The van der Waals surface area contributed by atoms with E-state index in [1.807, 2.05) is 31.2 Å². The van der Waals surface area contributed by atoms with Gasteiger partial charge >= 0.3 is 0 Å². The summed E-state index contributed by atoms with van der Waals surface area (Å²) in [7, 11) is 0. The molecule has 1 aliphatic heterocycles. The van der Waals surface area contributed by atoms with Crippen LogP contribution in [0.1, 0.15) is 25.3 Å². The van der Waals surface area contributed by atoms with E-state index in [4.69, 9.17) is 22.7 Å². The molecule has 3 N–H and O–H groups in total. The average molecular weight is 294 g/mol. The Morgan fingerprint density at radius 2 is 2.15 bits per heavy atom. The average Bonchev–Trinajstić information content (AvgIpc) is 2.41. The van der Waals surface area contributed by atoms with Gasteiger partial charge in [0.1, 0.15) is 17.3 Å². The number of rotatable bonds is 5. The van der Waals surface area contributed by atoms with Gasteiger partial charge in [0.05, 0.1) is 5.60 Å². The summed E-state index contributed by atoms with van der Waals surface area (Å²) in [4.78, 5) is 2.70. The number of aliphatic hydroxyl groups is 1. The Morgan fingerprint density at radius 1 is 1.45 bits per heavy atom. The first kappa shape index (κ1) is 15.2. The smallest absolute Gasteiger partial charge is 0.120 e. The monoisotopic (exact) mass is 294 g/mol. The summed E-state index contributed by atoms with van der Waals surface area (Å²) in [6, 6.07) is 7.54. The van der Waals surface area contributed by atoms with Crippen LogP contribution in [0.3, 0.4) is 0 Å². The van der Waals surface area contributed by atoms with Crippen molar-refractivity contribution in [3.8, 4) is 5.75 Å². The van der Waals surface area contributed by atoms with E-state index < -0.39 is 5.60 Å². The number of hydrogen-bond acceptors (Lipinski definition) is 4. The molecular formula is C15H22N2O2S. The van der Waals surface area contributed by atoms with E-state index in [-0.39, 0.29) is 0 Å². The zero-order valence-electron chi connectivity index (χ0n) is 11.8. The molecule has 1 fully saturated rings. The molecule has 20 heavy (non-hydrogen) atoms. The standard InChI is InChI=1S/C15H22N2O2S/c1-15(18)5-7-17(8-6-15)9-10-19-13-4-2-3-12(11-13)14(16)20/h2-4,11,18H,5-10H2,1H3,(H2,16,20).